The van der Waals surface area contributed by atoms with Gasteiger partial charge in [-0.1, -0.05) is 34.6 Å². The highest BCUT2D eigenvalue weighted by Gasteiger charge is 2.70. The van der Waals surface area contributed by atoms with Crippen LogP contribution in [-0.2, 0) is 24.0 Å². The molecule has 3 fully saturated rings. The average molecular weight is 532 g/mol. The van der Waals surface area contributed by atoms with E-state index >= 15 is 0 Å². The highest BCUT2D eigenvalue weighted by Crippen LogP contribution is 2.65. The molecule has 5 amide bonds. The Hall–Kier alpha value is -2.86. The van der Waals surface area contributed by atoms with Crippen LogP contribution in [0.4, 0.5) is 13.2 Å². The molecular weight excluding hydrogens is 495 g/mol. The van der Waals surface area contributed by atoms with Gasteiger partial charge in [0.25, 0.3) is 0 Å². The first-order valence-electron chi connectivity index (χ1n) is 12.3. The van der Waals surface area contributed by atoms with Gasteiger partial charge in [-0.3, -0.25) is 24.0 Å². The lowest BCUT2D eigenvalue weighted by Gasteiger charge is -2.38. The number of rotatable bonds is 7. The first kappa shape index (κ1) is 28.7. The third kappa shape index (κ3) is 5.54. The van der Waals surface area contributed by atoms with Gasteiger partial charge in [0.2, 0.25) is 23.6 Å². The molecule has 13 heteroatoms. The molecule has 4 N–H and O–H groups in total. The molecule has 0 aromatic heterocycles. The molecule has 0 aromatic rings. The molecule has 6 atom stereocenters. The summed E-state index contributed by atoms with van der Waals surface area (Å²) in [6, 6.07) is -3.77. The van der Waals surface area contributed by atoms with E-state index in [-0.39, 0.29) is 36.1 Å². The van der Waals surface area contributed by atoms with Gasteiger partial charge in [0.15, 0.2) is 0 Å². The minimum absolute atomic E-state index is 0.00859. The molecule has 3 aliphatic rings. The van der Waals surface area contributed by atoms with Gasteiger partial charge < -0.3 is 26.2 Å². The van der Waals surface area contributed by atoms with Crippen molar-refractivity contribution in [3.8, 4) is 0 Å². The van der Waals surface area contributed by atoms with Crippen molar-refractivity contribution in [1.82, 2.24) is 20.4 Å². The average Bonchev–Trinajstić information content (AvgIpc) is 3.07. The number of hydrogen-bond acceptors (Lipinski definition) is 5. The van der Waals surface area contributed by atoms with Gasteiger partial charge in [0.05, 0.1) is 0 Å². The van der Waals surface area contributed by atoms with Gasteiger partial charge in [-0.15, -0.1) is 0 Å². The van der Waals surface area contributed by atoms with E-state index in [2.05, 4.69) is 5.32 Å². The van der Waals surface area contributed by atoms with Crippen LogP contribution in [0.2, 0.25) is 0 Å². The number of nitrogens with zero attached hydrogens (tertiary/aromatic N) is 2. The fraction of sp³-hybridized carbons (Fsp3) is 0.792. The van der Waals surface area contributed by atoms with E-state index in [4.69, 9.17) is 5.73 Å². The Labute approximate surface area is 213 Å². The number of carbonyl (C=O) groups excluding carboxylic acids is 5. The molecule has 0 spiro atoms. The first-order valence-corrected chi connectivity index (χ1v) is 12.3. The van der Waals surface area contributed by atoms with E-state index in [1.807, 2.05) is 13.8 Å². The number of piperidine rings is 1. The summed E-state index contributed by atoms with van der Waals surface area (Å²) in [4.78, 5) is 66.0. The Morgan fingerprint density at radius 3 is 2.19 bits per heavy atom. The molecule has 2 heterocycles. The Bertz CT molecular complexity index is 992. The number of likely N-dealkylation sites (tertiary alicyclic amines) is 2. The molecule has 208 valence electrons. The molecule has 1 saturated carbocycles. The van der Waals surface area contributed by atoms with Crippen molar-refractivity contribution in [2.24, 2.45) is 34.3 Å². The fourth-order valence-corrected chi connectivity index (χ4v) is 5.74. The van der Waals surface area contributed by atoms with Crippen molar-refractivity contribution >= 4 is 29.5 Å². The second-order valence-corrected chi connectivity index (χ2v) is 12.1. The molecule has 10 nitrogen and oxygen atoms in total. The molecule has 2 saturated heterocycles. The molecule has 1 aliphatic carbocycles. The van der Waals surface area contributed by atoms with Crippen LogP contribution in [0.25, 0.3) is 0 Å². The van der Waals surface area contributed by atoms with Crippen molar-refractivity contribution in [3.05, 3.63) is 0 Å². The summed E-state index contributed by atoms with van der Waals surface area (Å²) in [6.07, 6.45) is -4.67. The number of carbonyl (C=O) groups is 5. The van der Waals surface area contributed by atoms with E-state index in [9.17, 15) is 37.1 Å². The van der Waals surface area contributed by atoms with E-state index in [0.717, 1.165) is 0 Å². The van der Waals surface area contributed by atoms with Crippen LogP contribution in [0.15, 0.2) is 0 Å². The minimum atomic E-state index is -5.18. The van der Waals surface area contributed by atoms with E-state index in [0.29, 0.717) is 13.0 Å². The van der Waals surface area contributed by atoms with Crippen molar-refractivity contribution in [3.63, 3.8) is 0 Å². The summed E-state index contributed by atoms with van der Waals surface area (Å²) >= 11 is 0. The van der Waals surface area contributed by atoms with E-state index in [1.54, 1.807) is 12.4 Å². The monoisotopic (exact) mass is 531 g/mol. The summed E-state index contributed by atoms with van der Waals surface area (Å²) in [5, 5.41) is 4.39. The van der Waals surface area contributed by atoms with E-state index in [1.165, 1.54) is 30.6 Å². The van der Waals surface area contributed by atoms with Crippen LogP contribution in [0.3, 0.4) is 0 Å². The number of nitrogens with two attached hydrogens (primary N) is 1. The Morgan fingerprint density at radius 2 is 1.73 bits per heavy atom. The third-order valence-corrected chi connectivity index (χ3v) is 8.12. The van der Waals surface area contributed by atoms with Gasteiger partial charge >= 0.3 is 12.1 Å². The molecule has 0 aromatic carbocycles. The maximum atomic E-state index is 13.5. The predicted octanol–water partition coefficient (Wildman–Crippen LogP) is 0.401. The number of amides is 5. The highest BCUT2D eigenvalue weighted by atomic mass is 19.4. The molecule has 3 rings (SSSR count). The quantitative estimate of drug-likeness (QED) is 0.436. The second kappa shape index (κ2) is 9.46. The van der Waals surface area contributed by atoms with Gasteiger partial charge in [0.1, 0.15) is 18.1 Å². The van der Waals surface area contributed by atoms with Gasteiger partial charge in [-0.2, -0.15) is 13.2 Å². The van der Waals surface area contributed by atoms with Crippen molar-refractivity contribution in [1.29, 1.82) is 0 Å². The normalized spacial score (nSPS) is 28.4. The summed E-state index contributed by atoms with van der Waals surface area (Å²) in [6.45, 7) is 9.04. The van der Waals surface area contributed by atoms with Crippen molar-refractivity contribution in [2.45, 2.75) is 71.8 Å². The van der Waals surface area contributed by atoms with Crippen molar-refractivity contribution < 1.29 is 37.1 Å². The maximum Gasteiger partial charge on any atom is 0.471 e. The Balaban J connectivity index is 1.83. The van der Waals surface area contributed by atoms with Gasteiger partial charge in [0, 0.05) is 26.1 Å². The Morgan fingerprint density at radius 1 is 1.14 bits per heavy atom. The van der Waals surface area contributed by atoms with Crippen LogP contribution in [0.5, 0.6) is 0 Å². The standard InChI is InChI=1S/C24H36F3N5O5/c1-22(2,3)16(30-21(37)24(25,26)27)20(36)32-10-12-14(23(12,4)5)15(32)18(34)29-13(17(28)33)9-11-7-8-31(6)19(11)35/h11-16H,7-10H2,1-6H3,(H2,28,33)(H,29,34)(H,30,37)/t11-,12-,13?,14-,15-,16?/m0/s1. The summed E-state index contributed by atoms with van der Waals surface area (Å²) in [5.41, 5.74) is 4.12. The number of fused-ring (bicyclic) bond motifs is 1. The molecule has 2 aliphatic heterocycles. The number of hydrogen-bond donors (Lipinski definition) is 3. The fourth-order valence-electron chi connectivity index (χ4n) is 5.74. The minimum Gasteiger partial charge on any atom is -0.368 e. The molecule has 2 unspecified atom stereocenters. The SMILES string of the molecule is CN1CC[C@@H](CC(NC(=O)[C@@H]2[C@@H]3[C@H](CN2C(=O)C(NC(=O)C(F)(F)F)C(C)(C)C)C3(C)C)C(N)=O)C1=O. The topological polar surface area (TPSA) is 142 Å². The number of primary amides is 1. The number of alkyl halides is 3. The number of nitrogens with one attached hydrogen (secondary N) is 2. The Kier molecular flexibility index (Phi) is 7.34. The predicted molar refractivity (Wildman–Crippen MR) is 125 cm³/mol. The number of halogens is 3. The zero-order valence-corrected chi connectivity index (χ0v) is 21.9. The smallest absolute Gasteiger partial charge is 0.368 e. The molecular formula is C24H36F3N5O5. The first-order chi connectivity index (χ1) is 16.8. The van der Waals surface area contributed by atoms with Gasteiger partial charge in [-0.25, -0.2) is 0 Å². The van der Waals surface area contributed by atoms with Gasteiger partial charge in [-0.05, 0) is 35.5 Å². The van der Waals surface area contributed by atoms with Crippen LogP contribution >= 0.6 is 0 Å². The van der Waals surface area contributed by atoms with Crippen molar-refractivity contribution in [2.75, 3.05) is 20.1 Å². The maximum absolute atomic E-state index is 13.5. The van der Waals surface area contributed by atoms with E-state index < -0.39 is 59.3 Å². The highest BCUT2D eigenvalue weighted by molar-refractivity contribution is 5.96. The second-order valence-electron chi connectivity index (χ2n) is 12.1. The molecule has 0 radical (unpaired) electrons. The summed E-state index contributed by atoms with van der Waals surface area (Å²) in [5.74, 6) is -5.56. The summed E-state index contributed by atoms with van der Waals surface area (Å²) < 4.78 is 38.9. The lowest BCUT2D eigenvalue weighted by atomic mass is 9.85. The molecule has 37 heavy (non-hydrogen) atoms. The lowest BCUT2D eigenvalue weighted by molar-refractivity contribution is -0.176. The van der Waals surface area contributed by atoms with Crippen LogP contribution in [0, 0.1) is 28.6 Å². The van der Waals surface area contributed by atoms with Crippen LogP contribution < -0.4 is 16.4 Å². The van der Waals surface area contributed by atoms with Crippen LogP contribution in [0.1, 0.15) is 47.5 Å². The summed E-state index contributed by atoms with van der Waals surface area (Å²) in [7, 11) is 1.64. The zero-order valence-electron chi connectivity index (χ0n) is 21.9. The zero-order chi connectivity index (χ0) is 28.2. The lowest BCUT2D eigenvalue weighted by Crippen LogP contribution is -2.61. The van der Waals surface area contributed by atoms with Crippen LogP contribution in [-0.4, -0.2) is 83.8 Å². The molecule has 0 bridgehead atoms. The third-order valence-electron chi connectivity index (χ3n) is 8.12. The largest absolute Gasteiger partial charge is 0.471 e.